The van der Waals surface area contributed by atoms with Gasteiger partial charge in [0.1, 0.15) is 5.54 Å². The lowest BCUT2D eigenvalue weighted by atomic mass is 9.91. The van der Waals surface area contributed by atoms with Gasteiger partial charge in [-0.1, -0.05) is 6.92 Å². The minimum Gasteiger partial charge on any atom is -0.468 e. The standard InChI is InChI=1S/C17H30N2O2/c1-4-15-10-5-12(2)19(15)11-17(13-6-7-13,16(20)21-3)18-14-8-9-14/h12-15,18H,4-11H2,1-3H3. The Bertz CT molecular complexity index is 392. The first kappa shape index (κ1) is 15.3. The molecule has 2 aliphatic carbocycles. The largest absolute Gasteiger partial charge is 0.468 e. The fourth-order valence-electron chi connectivity index (χ4n) is 4.07. The molecule has 4 heteroatoms. The summed E-state index contributed by atoms with van der Waals surface area (Å²) in [6, 6.07) is 1.74. The van der Waals surface area contributed by atoms with Crippen molar-refractivity contribution in [2.24, 2.45) is 5.92 Å². The van der Waals surface area contributed by atoms with Crippen molar-refractivity contribution in [3.8, 4) is 0 Å². The van der Waals surface area contributed by atoms with E-state index in [9.17, 15) is 4.79 Å². The minimum absolute atomic E-state index is 0.0362. The highest BCUT2D eigenvalue weighted by molar-refractivity contribution is 5.82. The summed E-state index contributed by atoms with van der Waals surface area (Å²) in [5.74, 6) is 0.432. The third-order valence-corrected chi connectivity index (χ3v) is 5.72. The predicted molar refractivity (Wildman–Crippen MR) is 83.1 cm³/mol. The molecule has 2 saturated carbocycles. The van der Waals surface area contributed by atoms with E-state index in [1.54, 1.807) is 7.11 Å². The van der Waals surface area contributed by atoms with Gasteiger partial charge in [0.15, 0.2) is 0 Å². The molecule has 120 valence electrons. The molecule has 0 amide bonds. The number of likely N-dealkylation sites (tertiary alicyclic amines) is 1. The molecule has 0 aromatic heterocycles. The van der Waals surface area contributed by atoms with Gasteiger partial charge in [0.25, 0.3) is 0 Å². The highest BCUT2D eigenvalue weighted by Gasteiger charge is 2.55. The maximum atomic E-state index is 12.7. The summed E-state index contributed by atoms with van der Waals surface area (Å²) in [6.07, 6.45) is 8.43. The van der Waals surface area contributed by atoms with Crippen LogP contribution in [0.1, 0.15) is 58.8 Å². The number of esters is 1. The molecule has 3 atom stereocenters. The number of carbonyl (C=O) groups excluding carboxylic acids is 1. The van der Waals surface area contributed by atoms with Crippen LogP contribution in [0.2, 0.25) is 0 Å². The monoisotopic (exact) mass is 294 g/mol. The summed E-state index contributed by atoms with van der Waals surface area (Å²) >= 11 is 0. The van der Waals surface area contributed by atoms with Crippen molar-refractivity contribution in [1.29, 1.82) is 0 Å². The van der Waals surface area contributed by atoms with Gasteiger partial charge in [0, 0.05) is 24.7 Å². The molecule has 0 bridgehead atoms. The zero-order valence-corrected chi connectivity index (χ0v) is 13.7. The number of hydrogen-bond acceptors (Lipinski definition) is 4. The Morgan fingerprint density at radius 3 is 2.48 bits per heavy atom. The van der Waals surface area contributed by atoms with Gasteiger partial charge in [0.2, 0.25) is 0 Å². The van der Waals surface area contributed by atoms with Gasteiger partial charge in [-0.25, -0.2) is 4.79 Å². The zero-order valence-electron chi connectivity index (χ0n) is 13.7. The Labute approximate surface area is 128 Å². The summed E-state index contributed by atoms with van der Waals surface area (Å²) < 4.78 is 5.23. The molecular formula is C17H30N2O2. The quantitative estimate of drug-likeness (QED) is 0.732. The van der Waals surface area contributed by atoms with Crippen LogP contribution < -0.4 is 5.32 Å². The van der Waals surface area contributed by atoms with Crippen molar-refractivity contribution < 1.29 is 9.53 Å². The normalized spacial score (nSPS) is 32.9. The topological polar surface area (TPSA) is 41.6 Å². The van der Waals surface area contributed by atoms with E-state index in [1.165, 1.54) is 32.1 Å². The molecule has 21 heavy (non-hydrogen) atoms. The fraction of sp³-hybridized carbons (Fsp3) is 0.941. The van der Waals surface area contributed by atoms with Gasteiger partial charge in [-0.05, 0) is 57.8 Å². The number of carbonyl (C=O) groups is 1. The number of nitrogens with one attached hydrogen (secondary N) is 1. The first-order valence-electron chi connectivity index (χ1n) is 8.72. The van der Waals surface area contributed by atoms with Crippen molar-refractivity contribution in [3.63, 3.8) is 0 Å². The van der Waals surface area contributed by atoms with Crippen LogP contribution >= 0.6 is 0 Å². The van der Waals surface area contributed by atoms with Gasteiger partial charge in [-0.3, -0.25) is 10.2 Å². The maximum Gasteiger partial charge on any atom is 0.327 e. The van der Waals surface area contributed by atoms with Crippen LogP contribution in [-0.4, -0.2) is 48.2 Å². The Balaban J connectivity index is 1.81. The molecule has 3 unspecified atom stereocenters. The molecule has 4 nitrogen and oxygen atoms in total. The molecule has 1 aliphatic heterocycles. The molecule has 3 rings (SSSR count). The highest BCUT2D eigenvalue weighted by Crippen LogP contribution is 2.44. The number of rotatable bonds is 7. The zero-order chi connectivity index (χ0) is 15.0. The number of methoxy groups -OCH3 is 1. The smallest absolute Gasteiger partial charge is 0.327 e. The van der Waals surface area contributed by atoms with Crippen molar-refractivity contribution in [2.45, 2.75) is 82.5 Å². The van der Waals surface area contributed by atoms with Crippen LogP contribution in [0.25, 0.3) is 0 Å². The van der Waals surface area contributed by atoms with E-state index in [0.717, 1.165) is 19.4 Å². The van der Waals surface area contributed by atoms with E-state index in [-0.39, 0.29) is 5.97 Å². The second kappa shape index (κ2) is 5.88. The van der Waals surface area contributed by atoms with Crippen molar-refractivity contribution >= 4 is 5.97 Å². The second-order valence-electron chi connectivity index (χ2n) is 7.32. The van der Waals surface area contributed by atoms with Crippen LogP contribution in [-0.2, 0) is 9.53 Å². The molecule has 1 N–H and O–H groups in total. The Hall–Kier alpha value is -0.610. The first-order chi connectivity index (χ1) is 10.1. The van der Waals surface area contributed by atoms with E-state index >= 15 is 0 Å². The van der Waals surface area contributed by atoms with Gasteiger partial charge < -0.3 is 4.74 Å². The summed E-state index contributed by atoms with van der Waals surface area (Å²) in [6.45, 7) is 5.41. The Morgan fingerprint density at radius 1 is 1.24 bits per heavy atom. The lowest BCUT2D eigenvalue weighted by Crippen LogP contribution is -2.63. The van der Waals surface area contributed by atoms with Gasteiger partial charge in [-0.15, -0.1) is 0 Å². The van der Waals surface area contributed by atoms with Crippen LogP contribution in [0.3, 0.4) is 0 Å². The van der Waals surface area contributed by atoms with E-state index in [0.29, 0.717) is 24.0 Å². The average molecular weight is 294 g/mol. The lowest BCUT2D eigenvalue weighted by molar-refractivity contribution is -0.151. The second-order valence-corrected chi connectivity index (χ2v) is 7.32. The summed E-state index contributed by atoms with van der Waals surface area (Å²) in [4.78, 5) is 15.2. The molecule has 0 radical (unpaired) electrons. The summed E-state index contributed by atoms with van der Waals surface area (Å²) in [7, 11) is 1.54. The molecule has 0 aromatic rings. The highest BCUT2D eigenvalue weighted by atomic mass is 16.5. The van der Waals surface area contributed by atoms with E-state index < -0.39 is 5.54 Å². The maximum absolute atomic E-state index is 12.7. The number of hydrogen-bond donors (Lipinski definition) is 1. The Morgan fingerprint density at radius 2 is 1.95 bits per heavy atom. The summed E-state index contributed by atoms with van der Waals surface area (Å²) in [5, 5.41) is 3.69. The lowest BCUT2D eigenvalue weighted by Gasteiger charge is -2.40. The molecule has 3 fully saturated rings. The number of ether oxygens (including phenoxy) is 1. The third-order valence-electron chi connectivity index (χ3n) is 5.72. The van der Waals surface area contributed by atoms with Crippen molar-refractivity contribution in [3.05, 3.63) is 0 Å². The van der Waals surface area contributed by atoms with Crippen molar-refractivity contribution in [2.75, 3.05) is 13.7 Å². The van der Waals surface area contributed by atoms with E-state index in [1.807, 2.05) is 0 Å². The minimum atomic E-state index is -0.456. The Kier molecular flexibility index (Phi) is 4.28. The molecule has 3 aliphatic rings. The molecule has 1 heterocycles. The first-order valence-corrected chi connectivity index (χ1v) is 8.72. The fourth-order valence-corrected chi connectivity index (χ4v) is 4.07. The molecule has 1 saturated heterocycles. The molecule has 0 spiro atoms. The van der Waals surface area contributed by atoms with Crippen LogP contribution in [0.15, 0.2) is 0 Å². The van der Waals surface area contributed by atoms with E-state index in [4.69, 9.17) is 4.74 Å². The van der Waals surface area contributed by atoms with Crippen LogP contribution in [0.4, 0.5) is 0 Å². The van der Waals surface area contributed by atoms with Gasteiger partial charge >= 0.3 is 5.97 Å². The van der Waals surface area contributed by atoms with Crippen molar-refractivity contribution in [1.82, 2.24) is 10.2 Å². The SMILES string of the molecule is CCC1CCC(C)N1CC(NC1CC1)(C(=O)OC)C1CC1. The van der Waals surface area contributed by atoms with E-state index in [2.05, 4.69) is 24.1 Å². The van der Waals surface area contributed by atoms with Gasteiger partial charge in [-0.2, -0.15) is 0 Å². The molecular weight excluding hydrogens is 264 g/mol. The number of nitrogens with zero attached hydrogens (tertiary/aromatic N) is 1. The third kappa shape index (κ3) is 2.98. The van der Waals surface area contributed by atoms with Crippen LogP contribution in [0, 0.1) is 5.92 Å². The predicted octanol–water partition coefficient (Wildman–Crippen LogP) is 2.32. The summed E-state index contributed by atoms with van der Waals surface area (Å²) in [5.41, 5.74) is -0.456. The van der Waals surface area contributed by atoms with Gasteiger partial charge in [0.05, 0.1) is 7.11 Å². The average Bonchev–Trinajstić information content (AvgIpc) is 3.38. The molecule has 0 aromatic carbocycles. The van der Waals surface area contributed by atoms with Crippen LogP contribution in [0.5, 0.6) is 0 Å².